The van der Waals surface area contributed by atoms with Gasteiger partial charge < -0.3 is 14.7 Å². The molecule has 2 heterocycles. The van der Waals surface area contributed by atoms with Gasteiger partial charge in [0.1, 0.15) is 23.6 Å². The standard InChI is InChI=1S/C27H27F5N2O3S/c1-37-17-2-3-22-18(14-17)24(21(31)15-33-22)19(29)4-5-27(26(35)36)6-8-34(9-7-27)10-11-38-23-13-16(28)12-20(30)25(23)32/h2-3,12-15,19H,4-11H2,1H3,(H,35,36)/t19-/m1/s1. The van der Waals surface area contributed by atoms with Gasteiger partial charge in [-0.1, -0.05) is 0 Å². The van der Waals surface area contributed by atoms with Crippen LogP contribution in [-0.4, -0.2) is 53.5 Å². The zero-order valence-corrected chi connectivity index (χ0v) is 21.5. The van der Waals surface area contributed by atoms with E-state index in [1.54, 1.807) is 12.1 Å². The Kier molecular flexibility index (Phi) is 8.77. The molecule has 0 amide bonds. The third-order valence-electron chi connectivity index (χ3n) is 7.15. The van der Waals surface area contributed by atoms with E-state index >= 15 is 4.39 Å². The van der Waals surface area contributed by atoms with Crippen LogP contribution < -0.4 is 4.74 Å². The highest BCUT2D eigenvalue weighted by Crippen LogP contribution is 2.41. The molecule has 0 aliphatic carbocycles. The number of alkyl halides is 1. The monoisotopic (exact) mass is 554 g/mol. The first-order valence-corrected chi connectivity index (χ1v) is 13.1. The van der Waals surface area contributed by atoms with Crippen molar-refractivity contribution in [1.82, 2.24) is 9.88 Å². The summed E-state index contributed by atoms with van der Waals surface area (Å²) in [5, 5.41) is 10.3. The number of pyridine rings is 1. The van der Waals surface area contributed by atoms with E-state index in [0.29, 0.717) is 42.7 Å². The number of ether oxygens (including phenoxy) is 1. The number of thioether (sulfide) groups is 1. The lowest BCUT2D eigenvalue weighted by molar-refractivity contribution is -0.153. The van der Waals surface area contributed by atoms with E-state index in [0.717, 1.165) is 24.0 Å². The summed E-state index contributed by atoms with van der Waals surface area (Å²) in [5.74, 6) is -4.26. The van der Waals surface area contributed by atoms with E-state index < -0.39 is 40.8 Å². The summed E-state index contributed by atoms with van der Waals surface area (Å²) in [5.41, 5.74) is -0.919. The van der Waals surface area contributed by atoms with Crippen LogP contribution in [0.5, 0.6) is 5.75 Å². The number of hydrogen-bond donors (Lipinski definition) is 1. The number of hydrogen-bond acceptors (Lipinski definition) is 5. The minimum atomic E-state index is -1.74. The van der Waals surface area contributed by atoms with E-state index in [-0.39, 0.29) is 41.5 Å². The number of carboxylic acid groups (broad SMARTS) is 1. The van der Waals surface area contributed by atoms with Crippen molar-refractivity contribution in [3.05, 3.63) is 65.4 Å². The minimum Gasteiger partial charge on any atom is -0.497 e. The van der Waals surface area contributed by atoms with Gasteiger partial charge in [0, 0.05) is 34.2 Å². The molecule has 1 fully saturated rings. The molecule has 2 aromatic carbocycles. The maximum Gasteiger partial charge on any atom is 0.309 e. The fraction of sp³-hybridized carbons (Fsp3) is 0.407. The highest BCUT2D eigenvalue weighted by atomic mass is 32.2. The molecule has 0 saturated carbocycles. The molecule has 0 radical (unpaired) electrons. The second kappa shape index (κ2) is 11.9. The molecule has 38 heavy (non-hydrogen) atoms. The van der Waals surface area contributed by atoms with Crippen molar-refractivity contribution in [2.24, 2.45) is 5.41 Å². The normalized spacial score (nSPS) is 16.5. The van der Waals surface area contributed by atoms with Crippen molar-refractivity contribution in [3.63, 3.8) is 0 Å². The second-order valence-corrected chi connectivity index (χ2v) is 10.5. The molecule has 0 unspecified atom stereocenters. The molecule has 1 aromatic heterocycles. The number of halogens is 5. The van der Waals surface area contributed by atoms with Crippen molar-refractivity contribution in [3.8, 4) is 5.75 Å². The maximum absolute atomic E-state index is 15.4. The van der Waals surface area contributed by atoms with Crippen LogP contribution in [0, 0.1) is 28.7 Å². The van der Waals surface area contributed by atoms with Gasteiger partial charge in [-0.25, -0.2) is 22.0 Å². The number of carboxylic acids is 1. The van der Waals surface area contributed by atoms with Gasteiger partial charge in [0.15, 0.2) is 11.6 Å². The lowest BCUT2D eigenvalue weighted by Gasteiger charge is -2.39. The van der Waals surface area contributed by atoms with Gasteiger partial charge in [-0.05, 0) is 63.0 Å². The number of methoxy groups -OCH3 is 1. The molecule has 1 atom stereocenters. The molecule has 0 bridgehead atoms. The zero-order valence-electron chi connectivity index (χ0n) is 20.7. The van der Waals surface area contributed by atoms with Crippen LogP contribution >= 0.6 is 11.8 Å². The SMILES string of the molecule is COc1ccc2ncc(F)c([C@H](F)CCC3(C(=O)O)CCN(CCSc4cc(F)cc(F)c4F)CC3)c2c1. The fourth-order valence-electron chi connectivity index (χ4n) is 4.86. The fourth-order valence-corrected chi connectivity index (χ4v) is 5.85. The number of likely N-dealkylation sites (tertiary alicyclic amines) is 1. The lowest BCUT2D eigenvalue weighted by atomic mass is 9.74. The van der Waals surface area contributed by atoms with Crippen LogP contribution in [0.1, 0.15) is 37.4 Å². The summed E-state index contributed by atoms with van der Waals surface area (Å²) >= 11 is 0.980. The first-order valence-electron chi connectivity index (χ1n) is 12.1. The third-order valence-corrected chi connectivity index (χ3v) is 8.14. The topological polar surface area (TPSA) is 62.7 Å². The predicted octanol–water partition coefficient (Wildman–Crippen LogP) is 6.55. The first kappa shape index (κ1) is 28.1. The van der Waals surface area contributed by atoms with Crippen LogP contribution in [0.15, 0.2) is 41.4 Å². The molecule has 11 heteroatoms. The number of benzene rings is 2. The third kappa shape index (κ3) is 6.04. The van der Waals surface area contributed by atoms with Crippen molar-refractivity contribution in [2.75, 3.05) is 32.5 Å². The highest BCUT2D eigenvalue weighted by molar-refractivity contribution is 7.99. The zero-order chi connectivity index (χ0) is 27.4. The van der Waals surface area contributed by atoms with E-state index in [4.69, 9.17) is 4.74 Å². The largest absolute Gasteiger partial charge is 0.497 e. The average Bonchev–Trinajstić information content (AvgIpc) is 2.90. The van der Waals surface area contributed by atoms with Gasteiger partial charge in [-0.15, -0.1) is 11.8 Å². The molecular weight excluding hydrogens is 527 g/mol. The Balaban J connectivity index is 1.37. The Bertz CT molecular complexity index is 1320. The highest BCUT2D eigenvalue weighted by Gasteiger charge is 2.42. The van der Waals surface area contributed by atoms with Gasteiger partial charge >= 0.3 is 5.97 Å². The molecule has 204 valence electrons. The summed E-state index contributed by atoms with van der Waals surface area (Å²) in [6.45, 7) is 1.28. The molecule has 1 saturated heterocycles. The smallest absolute Gasteiger partial charge is 0.309 e. The van der Waals surface area contributed by atoms with Crippen molar-refractivity contribution in [1.29, 1.82) is 0 Å². The van der Waals surface area contributed by atoms with E-state index in [1.807, 2.05) is 4.90 Å². The quantitative estimate of drug-likeness (QED) is 0.174. The summed E-state index contributed by atoms with van der Waals surface area (Å²) in [6.07, 6.45) is -0.414. The van der Waals surface area contributed by atoms with Gasteiger partial charge in [-0.3, -0.25) is 9.78 Å². The molecule has 3 aromatic rings. The Morgan fingerprint density at radius 1 is 1.16 bits per heavy atom. The number of aliphatic carboxylic acids is 1. The molecule has 1 aliphatic rings. The number of carbonyl (C=O) groups is 1. The van der Waals surface area contributed by atoms with E-state index in [2.05, 4.69) is 4.98 Å². The minimum absolute atomic E-state index is 0.0209. The predicted molar refractivity (Wildman–Crippen MR) is 134 cm³/mol. The molecule has 0 spiro atoms. The van der Waals surface area contributed by atoms with Gasteiger partial charge in [0.2, 0.25) is 0 Å². The molecule has 1 aliphatic heterocycles. The summed E-state index contributed by atoms with van der Waals surface area (Å²) < 4.78 is 75.9. The second-order valence-electron chi connectivity index (χ2n) is 9.38. The molecule has 5 nitrogen and oxygen atoms in total. The van der Waals surface area contributed by atoms with Crippen molar-refractivity contribution >= 4 is 28.6 Å². The Hall–Kier alpha value is -2.92. The van der Waals surface area contributed by atoms with Crippen molar-refractivity contribution < 1.29 is 36.6 Å². The maximum atomic E-state index is 15.4. The van der Waals surface area contributed by atoms with Gasteiger partial charge in [0.25, 0.3) is 0 Å². The molecular formula is C27H27F5N2O3S. The van der Waals surface area contributed by atoms with E-state index in [1.165, 1.54) is 13.2 Å². The molecule has 1 N–H and O–H groups in total. The number of fused-ring (bicyclic) bond motifs is 1. The number of piperidine rings is 1. The van der Waals surface area contributed by atoms with Crippen LogP contribution in [0.3, 0.4) is 0 Å². The van der Waals surface area contributed by atoms with Crippen LogP contribution in [-0.2, 0) is 4.79 Å². The van der Waals surface area contributed by atoms with Gasteiger partial charge in [0.05, 0.1) is 24.2 Å². The Labute approximate surface area is 221 Å². The van der Waals surface area contributed by atoms with Gasteiger partial charge in [-0.2, -0.15) is 0 Å². The summed E-state index contributed by atoms with van der Waals surface area (Å²) in [6, 6.07) is 6.19. The van der Waals surface area contributed by atoms with Crippen LogP contribution in [0.4, 0.5) is 22.0 Å². The first-order chi connectivity index (χ1) is 18.1. The summed E-state index contributed by atoms with van der Waals surface area (Å²) in [4.78, 5) is 18.1. The van der Waals surface area contributed by atoms with Crippen LogP contribution in [0.2, 0.25) is 0 Å². The number of nitrogens with zero attached hydrogens (tertiary/aromatic N) is 2. The van der Waals surface area contributed by atoms with Crippen LogP contribution in [0.25, 0.3) is 10.9 Å². The summed E-state index contributed by atoms with van der Waals surface area (Å²) in [7, 11) is 1.45. The van der Waals surface area contributed by atoms with Crippen molar-refractivity contribution in [2.45, 2.75) is 36.8 Å². The average molecular weight is 555 g/mol. The lowest BCUT2D eigenvalue weighted by Crippen LogP contribution is -2.45. The molecule has 4 rings (SSSR count). The van der Waals surface area contributed by atoms with E-state index in [9.17, 15) is 27.5 Å². The number of aromatic nitrogens is 1. The Morgan fingerprint density at radius 2 is 1.89 bits per heavy atom. The Morgan fingerprint density at radius 3 is 2.58 bits per heavy atom. The number of rotatable bonds is 10.